The summed E-state index contributed by atoms with van der Waals surface area (Å²) in [7, 11) is 0. The number of ether oxygens (including phenoxy) is 1. The van der Waals surface area contributed by atoms with Crippen molar-refractivity contribution in [3.05, 3.63) is 27.2 Å². The molecule has 6 heteroatoms. The van der Waals surface area contributed by atoms with Crippen molar-refractivity contribution in [3.8, 4) is 0 Å². The van der Waals surface area contributed by atoms with Crippen LogP contribution in [0.15, 0.2) is 11.7 Å². The van der Waals surface area contributed by atoms with E-state index in [-0.39, 0.29) is 24.1 Å². The topological polar surface area (TPSA) is 39.2 Å². The maximum atomic E-state index is 12.2. The van der Waals surface area contributed by atoms with Gasteiger partial charge in [0.25, 0.3) is 6.08 Å². The highest BCUT2D eigenvalue weighted by molar-refractivity contribution is 7.13. The molecule has 0 N–H and O–H groups in total. The largest absolute Gasteiger partial charge is 0.461 e. The fraction of sp³-hybridized carbons (Fsp3) is 0.600. The lowest BCUT2D eigenvalue weighted by Crippen LogP contribution is -2.06. The molecule has 3 nitrogen and oxygen atoms in total. The van der Waals surface area contributed by atoms with Gasteiger partial charge in [0.05, 0.1) is 17.3 Å². The van der Waals surface area contributed by atoms with Crippen LogP contribution in [0.1, 0.15) is 66.3 Å². The van der Waals surface area contributed by atoms with Crippen molar-refractivity contribution >= 4 is 17.3 Å². The Bertz CT molecular complexity index is 520. The number of rotatable bonds is 7. The molecule has 0 aliphatic carbocycles. The molecule has 118 valence electrons. The van der Waals surface area contributed by atoms with E-state index in [0.717, 1.165) is 5.01 Å². The molecule has 0 fully saturated rings. The molecule has 0 unspecified atom stereocenters. The molecule has 0 spiro atoms. The fourth-order valence-electron chi connectivity index (χ4n) is 1.67. The van der Waals surface area contributed by atoms with Crippen LogP contribution in [0.4, 0.5) is 8.78 Å². The molecule has 0 radical (unpaired) electrons. The summed E-state index contributed by atoms with van der Waals surface area (Å²) in [6.07, 6.45) is -0.133. The van der Waals surface area contributed by atoms with Crippen LogP contribution in [0.3, 0.4) is 0 Å². The molecule has 0 aliphatic heterocycles. The minimum Gasteiger partial charge on any atom is -0.461 e. The number of nitrogens with zero attached hydrogens (tertiary/aromatic N) is 1. The van der Waals surface area contributed by atoms with Crippen LogP contribution in [0, 0.1) is 6.92 Å². The van der Waals surface area contributed by atoms with Gasteiger partial charge < -0.3 is 4.74 Å². The molecule has 0 bridgehead atoms. The first-order valence-electron chi connectivity index (χ1n) is 6.98. The molecule has 0 aliphatic rings. The molecule has 0 saturated heterocycles. The van der Waals surface area contributed by atoms with Crippen LogP contribution in [0.5, 0.6) is 0 Å². The normalized spacial score (nSPS) is 10.8. The van der Waals surface area contributed by atoms with Crippen molar-refractivity contribution in [2.75, 3.05) is 6.61 Å². The number of esters is 1. The molecule has 0 saturated carbocycles. The van der Waals surface area contributed by atoms with Crippen molar-refractivity contribution < 1.29 is 18.3 Å². The van der Waals surface area contributed by atoms with Gasteiger partial charge >= 0.3 is 5.97 Å². The van der Waals surface area contributed by atoms with Gasteiger partial charge in [-0.25, -0.2) is 9.78 Å². The van der Waals surface area contributed by atoms with Crippen molar-refractivity contribution in [3.63, 3.8) is 0 Å². The molecular formula is C15H21F2NO2S. The lowest BCUT2D eigenvalue weighted by Gasteiger charge is -2.04. The highest BCUT2D eigenvalue weighted by atomic mass is 32.1. The molecular weight excluding hydrogens is 296 g/mol. The van der Waals surface area contributed by atoms with Crippen LogP contribution in [-0.2, 0) is 4.74 Å². The van der Waals surface area contributed by atoms with Gasteiger partial charge in [-0.05, 0) is 38.7 Å². The summed E-state index contributed by atoms with van der Waals surface area (Å²) in [5.74, 6) is -0.0959. The zero-order valence-electron chi connectivity index (χ0n) is 12.8. The maximum Gasteiger partial charge on any atom is 0.350 e. The van der Waals surface area contributed by atoms with Crippen LogP contribution in [0.25, 0.3) is 0 Å². The van der Waals surface area contributed by atoms with Crippen molar-refractivity contribution in [1.82, 2.24) is 4.98 Å². The summed E-state index contributed by atoms with van der Waals surface area (Å²) >= 11 is 1.36. The Labute approximate surface area is 128 Å². The van der Waals surface area contributed by atoms with Gasteiger partial charge in [0.2, 0.25) is 0 Å². The molecule has 0 aromatic carbocycles. The Morgan fingerprint density at radius 3 is 2.52 bits per heavy atom. The average molecular weight is 317 g/mol. The predicted molar refractivity (Wildman–Crippen MR) is 80.0 cm³/mol. The quantitative estimate of drug-likeness (QED) is 0.520. The first kappa shape index (κ1) is 17.8. The zero-order valence-corrected chi connectivity index (χ0v) is 13.7. The van der Waals surface area contributed by atoms with E-state index in [4.69, 9.17) is 4.74 Å². The Kier molecular flexibility index (Phi) is 6.95. The van der Waals surface area contributed by atoms with Crippen LogP contribution in [-0.4, -0.2) is 17.6 Å². The van der Waals surface area contributed by atoms with E-state index in [1.54, 1.807) is 6.92 Å². The summed E-state index contributed by atoms with van der Waals surface area (Å²) in [6, 6.07) is 0. The number of carbonyl (C=O) groups excluding carboxylic acids is 1. The average Bonchev–Trinajstić information content (AvgIpc) is 2.80. The third kappa shape index (κ3) is 5.53. The fourth-order valence-corrected chi connectivity index (χ4v) is 2.63. The van der Waals surface area contributed by atoms with Gasteiger partial charge in [0.15, 0.2) is 0 Å². The third-order valence-electron chi connectivity index (χ3n) is 2.99. The van der Waals surface area contributed by atoms with E-state index in [9.17, 15) is 13.6 Å². The zero-order chi connectivity index (χ0) is 16.0. The number of hydrogen-bond acceptors (Lipinski definition) is 4. The second kappa shape index (κ2) is 8.22. The summed E-state index contributed by atoms with van der Waals surface area (Å²) in [4.78, 5) is 16.8. The molecule has 1 heterocycles. The second-order valence-corrected chi connectivity index (χ2v) is 6.29. The van der Waals surface area contributed by atoms with E-state index in [1.165, 1.54) is 18.3 Å². The van der Waals surface area contributed by atoms with Gasteiger partial charge in [-0.15, -0.1) is 11.3 Å². The Morgan fingerprint density at radius 1 is 1.33 bits per heavy atom. The van der Waals surface area contributed by atoms with Gasteiger partial charge in [0.1, 0.15) is 4.88 Å². The maximum absolute atomic E-state index is 12.2. The molecule has 0 amide bonds. The molecule has 0 atom stereocenters. The molecule has 1 aromatic rings. The minimum atomic E-state index is -1.62. The number of aromatic nitrogens is 1. The number of unbranched alkanes of at least 4 members (excludes halogenated alkanes) is 1. The number of halogens is 2. The molecule has 1 aromatic heterocycles. The van der Waals surface area contributed by atoms with Crippen LogP contribution >= 0.6 is 11.3 Å². The van der Waals surface area contributed by atoms with Gasteiger partial charge in [-0.3, -0.25) is 0 Å². The number of allylic oxidation sites excluding steroid dienone is 1. The van der Waals surface area contributed by atoms with E-state index in [0.29, 0.717) is 29.8 Å². The molecule has 21 heavy (non-hydrogen) atoms. The third-order valence-corrected chi connectivity index (χ3v) is 4.43. The van der Waals surface area contributed by atoms with Crippen molar-refractivity contribution in [2.45, 2.75) is 52.9 Å². The van der Waals surface area contributed by atoms with Gasteiger partial charge in [-0.2, -0.15) is 8.78 Å². The Hall–Kier alpha value is -1.30. The standard InChI is InChI=1S/C15H21F2NO2S/c1-9(2)14-18-11(4)12(21-14)15(19)20-8-6-5-7-10(3)13(16)17/h9H,5-8H2,1-4H3. The Balaban J connectivity index is 2.39. The van der Waals surface area contributed by atoms with Crippen molar-refractivity contribution in [2.24, 2.45) is 0 Å². The minimum absolute atomic E-state index is 0.0983. The summed E-state index contributed by atoms with van der Waals surface area (Å²) in [5.41, 5.74) is 0.785. The highest BCUT2D eigenvalue weighted by Gasteiger charge is 2.17. The van der Waals surface area contributed by atoms with Crippen LogP contribution in [0.2, 0.25) is 0 Å². The first-order chi connectivity index (χ1) is 9.82. The predicted octanol–water partition coefficient (Wildman–Crippen LogP) is 5.07. The van der Waals surface area contributed by atoms with E-state index >= 15 is 0 Å². The van der Waals surface area contributed by atoms with E-state index < -0.39 is 6.08 Å². The van der Waals surface area contributed by atoms with Crippen molar-refractivity contribution in [1.29, 1.82) is 0 Å². The second-order valence-electron chi connectivity index (χ2n) is 5.26. The summed E-state index contributed by atoms with van der Waals surface area (Å²) < 4.78 is 29.5. The lowest BCUT2D eigenvalue weighted by atomic mass is 10.1. The smallest absolute Gasteiger partial charge is 0.350 e. The van der Waals surface area contributed by atoms with Crippen LogP contribution < -0.4 is 0 Å². The number of aryl methyl sites for hydroxylation is 1. The Morgan fingerprint density at radius 2 is 2.00 bits per heavy atom. The number of hydrogen-bond donors (Lipinski definition) is 0. The number of thiazole rings is 1. The lowest BCUT2D eigenvalue weighted by molar-refractivity contribution is 0.0503. The summed E-state index contributed by atoms with van der Waals surface area (Å²) in [5, 5.41) is 0.915. The highest BCUT2D eigenvalue weighted by Crippen LogP contribution is 2.25. The van der Waals surface area contributed by atoms with E-state index in [1.807, 2.05) is 13.8 Å². The first-order valence-corrected chi connectivity index (χ1v) is 7.79. The SMILES string of the molecule is CC(CCCCOC(=O)c1sc(C(C)C)nc1C)=C(F)F. The van der Waals surface area contributed by atoms with Gasteiger partial charge in [-0.1, -0.05) is 13.8 Å². The van der Waals surface area contributed by atoms with E-state index in [2.05, 4.69) is 4.98 Å². The molecule has 1 rings (SSSR count). The summed E-state index contributed by atoms with van der Waals surface area (Å²) in [6.45, 7) is 7.49. The monoisotopic (exact) mass is 317 g/mol. The van der Waals surface area contributed by atoms with Gasteiger partial charge in [0, 0.05) is 5.92 Å². The number of carbonyl (C=O) groups is 1.